The minimum absolute atomic E-state index is 0.202. The summed E-state index contributed by atoms with van der Waals surface area (Å²) in [5.74, 6) is 7.15. The molecule has 0 aliphatic heterocycles. The van der Waals surface area contributed by atoms with Crippen LogP contribution >= 0.6 is 0 Å². The van der Waals surface area contributed by atoms with Gasteiger partial charge in [0, 0.05) is 18.0 Å². The van der Waals surface area contributed by atoms with Crippen molar-refractivity contribution in [2.24, 2.45) is 17.7 Å². The Morgan fingerprint density at radius 3 is 2.44 bits per heavy atom. The van der Waals surface area contributed by atoms with Crippen LogP contribution in [0.4, 0.5) is 0 Å². The largest absolute Gasteiger partial charge is 0.271 e. The first-order valence-corrected chi connectivity index (χ1v) is 6.02. The summed E-state index contributed by atoms with van der Waals surface area (Å²) in [6, 6.07) is 0.202. The van der Waals surface area contributed by atoms with Crippen molar-refractivity contribution in [1.82, 2.24) is 15.4 Å². The van der Waals surface area contributed by atoms with Gasteiger partial charge in [-0.3, -0.25) is 11.3 Å². The third-order valence-corrected chi connectivity index (χ3v) is 3.65. The Kier molecular flexibility index (Phi) is 3.85. The van der Waals surface area contributed by atoms with E-state index in [0.717, 1.165) is 11.5 Å². The van der Waals surface area contributed by atoms with Crippen molar-refractivity contribution in [3.8, 4) is 0 Å². The van der Waals surface area contributed by atoms with Gasteiger partial charge in [0.15, 0.2) is 0 Å². The molecule has 1 unspecified atom stereocenters. The number of nitrogens with zero attached hydrogens (tertiary/aromatic N) is 2. The van der Waals surface area contributed by atoms with E-state index in [0.29, 0.717) is 5.92 Å². The number of nitrogens with two attached hydrogens (primary N) is 1. The maximum Gasteiger partial charge on any atom is 0.115 e. The summed E-state index contributed by atoms with van der Waals surface area (Å²) < 4.78 is 0. The first-order valence-electron chi connectivity index (χ1n) is 6.02. The van der Waals surface area contributed by atoms with Crippen LogP contribution in [0.25, 0.3) is 0 Å². The molecule has 88 valence electrons. The third-order valence-electron chi connectivity index (χ3n) is 3.65. The van der Waals surface area contributed by atoms with E-state index < -0.39 is 0 Å². The van der Waals surface area contributed by atoms with Crippen LogP contribution in [0, 0.1) is 11.8 Å². The van der Waals surface area contributed by atoms with Gasteiger partial charge in [-0.1, -0.05) is 19.8 Å². The van der Waals surface area contributed by atoms with Crippen molar-refractivity contribution < 1.29 is 0 Å². The zero-order valence-corrected chi connectivity index (χ0v) is 9.76. The highest BCUT2D eigenvalue weighted by atomic mass is 15.2. The number of rotatable bonds is 3. The predicted molar refractivity (Wildman–Crippen MR) is 63.2 cm³/mol. The molecular formula is C12H20N4. The monoisotopic (exact) mass is 220 g/mol. The molecule has 1 saturated carbocycles. The van der Waals surface area contributed by atoms with Gasteiger partial charge in [0.1, 0.15) is 6.33 Å². The molecule has 4 nitrogen and oxygen atoms in total. The van der Waals surface area contributed by atoms with Crippen LogP contribution < -0.4 is 11.3 Å². The molecule has 0 bridgehead atoms. The summed E-state index contributed by atoms with van der Waals surface area (Å²) in [6.45, 7) is 2.33. The molecule has 2 rings (SSSR count). The summed E-state index contributed by atoms with van der Waals surface area (Å²) in [5, 5.41) is 0. The number of nitrogens with one attached hydrogen (secondary N) is 1. The first-order chi connectivity index (χ1) is 7.81. The Balaban J connectivity index is 2.05. The van der Waals surface area contributed by atoms with Crippen molar-refractivity contribution in [3.63, 3.8) is 0 Å². The van der Waals surface area contributed by atoms with Gasteiger partial charge in [-0.25, -0.2) is 9.97 Å². The number of hydrogen-bond acceptors (Lipinski definition) is 4. The molecule has 4 heteroatoms. The van der Waals surface area contributed by atoms with Gasteiger partial charge in [-0.15, -0.1) is 0 Å². The van der Waals surface area contributed by atoms with E-state index in [1.165, 1.54) is 25.7 Å². The Hall–Kier alpha value is -1.00. The first kappa shape index (κ1) is 11.5. The van der Waals surface area contributed by atoms with Crippen LogP contribution in [0.2, 0.25) is 0 Å². The molecule has 1 atom stereocenters. The molecule has 1 aliphatic rings. The van der Waals surface area contributed by atoms with Crippen LogP contribution in [0.5, 0.6) is 0 Å². The number of aromatic nitrogens is 2. The van der Waals surface area contributed by atoms with Crippen LogP contribution in [0.15, 0.2) is 18.7 Å². The molecule has 16 heavy (non-hydrogen) atoms. The van der Waals surface area contributed by atoms with Gasteiger partial charge in [0.25, 0.3) is 0 Å². The molecule has 1 aromatic heterocycles. The molecule has 0 aromatic carbocycles. The molecule has 1 aromatic rings. The Bertz CT molecular complexity index is 306. The van der Waals surface area contributed by atoms with Gasteiger partial charge in [0.2, 0.25) is 0 Å². The molecule has 0 spiro atoms. The van der Waals surface area contributed by atoms with Crippen LogP contribution in [0.3, 0.4) is 0 Å². The summed E-state index contributed by atoms with van der Waals surface area (Å²) in [4.78, 5) is 8.11. The lowest BCUT2D eigenvalue weighted by Crippen LogP contribution is -2.35. The summed E-state index contributed by atoms with van der Waals surface area (Å²) in [6.07, 6.45) is 10.4. The topological polar surface area (TPSA) is 63.8 Å². The van der Waals surface area contributed by atoms with Gasteiger partial charge < -0.3 is 0 Å². The normalized spacial score (nSPS) is 27.6. The second-order valence-corrected chi connectivity index (χ2v) is 4.84. The maximum absolute atomic E-state index is 5.66. The smallest absolute Gasteiger partial charge is 0.115 e. The Morgan fingerprint density at radius 2 is 1.88 bits per heavy atom. The van der Waals surface area contributed by atoms with E-state index in [2.05, 4.69) is 22.3 Å². The average Bonchev–Trinajstić information content (AvgIpc) is 2.34. The summed E-state index contributed by atoms with van der Waals surface area (Å²) in [7, 11) is 0. The van der Waals surface area contributed by atoms with Gasteiger partial charge >= 0.3 is 0 Å². The highest BCUT2D eigenvalue weighted by Crippen LogP contribution is 2.35. The third kappa shape index (κ3) is 2.57. The van der Waals surface area contributed by atoms with Crippen LogP contribution in [-0.2, 0) is 0 Å². The lowest BCUT2D eigenvalue weighted by Gasteiger charge is -2.32. The minimum atomic E-state index is 0.202. The highest BCUT2D eigenvalue weighted by Gasteiger charge is 2.26. The quantitative estimate of drug-likeness (QED) is 0.602. The van der Waals surface area contributed by atoms with Crippen LogP contribution in [0.1, 0.15) is 44.2 Å². The summed E-state index contributed by atoms with van der Waals surface area (Å²) >= 11 is 0. The molecule has 0 radical (unpaired) electrons. The molecule has 1 aliphatic carbocycles. The fourth-order valence-corrected chi connectivity index (χ4v) is 2.59. The standard InChI is InChI=1S/C12H20N4/c1-9-2-4-10(5-3-9)12(16-13)11-6-14-8-15-7-11/h6-10,12,16H,2-5,13H2,1H3. The molecule has 1 fully saturated rings. The van der Waals surface area contributed by atoms with E-state index in [1.54, 1.807) is 6.33 Å². The fourth-order valence-electron chi connectivity index (χ4n) is 2.59. The van der Waals surface area contributed by atoms with E-state index in [4.69, 9.17) is 5.84 Å². The number of hydrogen-bond donors (Lipinski definition) is 2. The van der Waals surface area contributed by atoms with E-state index in [1.807, 2.05) is 12.4 Å². The van der Waals surface area contributed by atoms with Crippen molar-refractivity contribution >= 4 is 0 Å². The van der Waals surface area contributed by atoms with E-state index in [-0.39, 0.29) is 6.04 Å². The lowest BCUT2D eigenvalue weighted by atomic mass is 9.78. The lowest BCUT2D eigenvalue weighted by molar-refractivity contribution is 0.232. The SMILES string of the molecule is CC1CCC(C(NN)c2cncnc2)CC1. The minimum Gasteiger partial charge on any atom is -0.271 e. The highest BCUT2D eigenvalue weighted by molar-refractivity contribution is 5.10. The van der Waals surface area contributed by atoms with Gasteiger partial charge in [0.05, 0.1) is 6.04 Å². The van der Waals surface area contributed by atoms with Crippen molar-refractivity contribution in [2.45, 2.75) is 38.6 Å². The zero-order valence-electron chi connectivity index (χ0n) is 9.76. The zero-order chi connectivity index (χ0) is 11.4. The molecule has 0 saturated heterocycles. The Labute approximate surface area is 96.6 Å². The van der Waals surface area contributed by atoms with Crippen LogP contribution in [-0.4, -0.2) is 9.97 Å². The summed E-state index contributed by atoms with van der Waals surface area (Å²) in [5.41, 5.74) is 4.02. The maximum atomic E-state index is 5.66. The molecule has 1 heterocycles. The molecule has 3 N–H and O–H groups in total. The van der Waals surface area contributed by atoms with Gasteiger partial charge in [-0.2, -0.15) is 0 Å². The van der Waals surface area contributed by atoms with E-state index in [9.17, 15) is 0 Å². The fraction of sp³-hybridized carbons (Fsp3) is 0.667. The second kappa shape index (κ2) is 5.37. The predicted octanol–water partition coefficient (Wildman–Crippen LogP) is 1.81. The van der Waals surface area contributed by atoms with Crippen molar-refractivity contribution in [2.75, 3.05) is 0 Å². The average molecular weight is 220 g/mol. The molecule has 0 amide bonds. The number of hydrazine groups is 1. The van der Waals surface area contributed by atoms with Gasteiger partial charge in [-0.05, 0) is 24.7 Å². The molecular weight excluding hydrogens is 200 g/mol. The van der Waals surface area contributed by atoms with Crippen molar-refractivity contribution in [3.05, 3.63) is 24.3 Å². The van der Waals surface area contributed by atoms with Crippen molar-refractivity contribution in [1.29, 1.82) is 0 Å². The Morgan fingerprint density at radius 1 is 1.25 bits per heavy atom. The van der Waals surface area contributed by atoms with E-state index >= 15 is 0 Å². The second-order valence-electron chi connectivity index (χ2n) is 4.84.